The molecular weight excluding hydrogens is 427 g/mol. The number of benzene rings is 1. The average Bonchev–Trinajstić information content (AvgIpc) is 3.41. The van der Waals surface area contributed by atoms with Crippen molar-refractivity contribution in [2.45, 2.75) is 37.1 Å². The zero-order valence-electron chi connectivity index (χ0n) is 16.7. The molecular formula is C18H17BN4O5S2. The van der Waals surface area contributed by atoms with Gasteiger partial charge in [-0.1, -0.05) is 0 Å². The zero-order valence-corrected chi connectivity index (χ0v) is 17.4. The summed E-state index contributed by atoms with van der Waals surface area (Å²) >= 11 is 4.82. The van der Waals surface area contributed by atoms with E-state index >= 15 is 0 Å². The minimum absolute atomic E-state index is 0.113. The van der Waals surface area contributed by atoms with Crippen LogP contribution in [-0.2, 0) is 20.6 Å². The van der Waals surface area contributed by atoms with Crippen LogP contribution in [0.5, 0.6) is 11.8 Å². The third kappa shape index (κ3) is 2.35. The van der Waals surface area contributed by atoms with Crippen molar-refractivity contribution in [1.29, 1.82) is 6.60 Å². The van der Waals surface area contributed by atoms with Crippen molar-refractivity contribution in [2.24, 2.45) is 0 Å². The Morgan fingerprint density at radius 3 is 2.90 bits per heavy atom. The van der Waals surface area contributed by atoms with Crippen molar-refractivity contribution in [2.75, 3.05) is 6.61 Å². The van der Waals surface area contributed by atoms with Crippen molar-refractivity contribution in [3.63, 3.8) is 0 Å². The van der Waals surface area contributed by atoms with E-state index in [2.05, 4.69) is 27.3 Å². The van der Waals surface area contributed by atoms with Crippen molar-refractivity contribution in [3.05, 3.63) is 28.8 Å². The molecule has 2 aliphatic heterocycles. The number of aromatic nitrogens is 3. The maximum absolute atomic E-state index is 11.2. The molecule has 1 fully saturated rings. The van der Waals surface area contributed by atoms with E-state index in [9.17, 15) is 20.6 Å². The summed E-state index contributed by atoms with van der Waals surface area (Å²) in [6.45, 7) is 0.758. The van der Waals surface area contributed by atoms with Gasteiger partial charge in [0, 0.05) is 20.8 Å². The second-order valence-corrected chi connectivity index (χ2v) is 8.33. The number of thiol groups is 1. The fourth-order valence-corrected chi connectivity index (χ4v) is 5.42. The lowest BCUT2D eigenvalue weighted by Crippen LogP contribution is -2.33. The van der Waals surface area contributed by atoms with Gasteiger partial charge < -0.3 is 24.7 Å². The summed E-state index contributed by atoms with van der Waals surface area (Å²) < 4.78 is 28.5. The molecule has 0 amide bonds. The molecule has 1 aromatic carbocycles. The third-order valence-electron chi connectivity index (χ3n) is 6.09. The molecule has 2 unspecified atom stereocenters. The van der Waals surface area contributed by atoms with Crippen LogP contribution >= 0.6 is 24.2 Å². The van der Waals surface area contributed by atoms with Crippen molar-refractivity contribution in [1.82, 2.24) is 13.3 Å². The minimum atomic E-state index is -1.23. The molecule has 0 spiro atoms. The highest BCUT2D eigenvalue weighted by molar-refractivity contribution is 8.06. The molecule has 5 rings (SSSR count). The maximum Gasteiger partial charge on any atom is 0.339 e. The van der Waals surface area contributed by atoms with E-state index in [0.29, 0.717) is 33.4 Å². The van der Waals surface area contributed by atoms with Gasteiger partial charge in [0.05, 0.1) is 40.2 Å². The fourth-order valence-electron chi connectivity index (χ4n) is 4.75. The van der Waals surface area contributed by atoms with Crippen LogP contribution in [-0.4, -0.2) is 49.4 Å². The Bertz CT molecular complexity index is 1260. The molecule has 1 saturated heterocycles. The number of aliphatic hydroxyl groups excluding tert-OH is 1. The standard InChI is InChI=1S/C18H17BN4O5S2/c1-17-10(24)6-18(28-17,4-5-27-19-29)12-11(17)15(25)23(16(12)26)9-3-2-8(7-20)13-14(9)22-30-21-13/h2-3,10,19,24-26,29H,4-6H2,1H3/t10-,17?,18?/m0/s1/i19T. The Balaban J connectivity index is 1.70. The molecule has 12 heteroatoms. The number of nitrogens with zero attached hydrogens (tertiary/aromatic N) is 4. The summed E-state index contributed by atoms with van der Waals surface area (Å²) in [6.07, 6.45) is -0.459. The molecule has 30 heavy (non-hydrogen) atoms. The minimum Gasteiger partial charge on any atom is -0.494 e. The predicted octanol–water partition coefficient (Wildman–Crippen LogP) is 1.57. The van der Waals surface area contributed by atoms with Crippen LogP contribution in [0, 0.1) is 11.3 Å². The Hall–Kier alpha value is -2.30. The van der Waals surface area contributed by atoms with Gasteiger partial charge in [0.25, 0.3) is 0 Å². The van der Waals surface area contributed by atoms with E-state index in [4.69, 9.17) is 10.7 Å². The maximum atomic E-state index is 11.2. The number of rotatable bonds is 5. The monoisotopic (exact) mass is 446 g/mol. The molecule has 2 aromatic heterocycles. The number of aliphatic hydroxyl groups is 1. The molecule has 9 nitrogen and oxygen atoms in total. The van der Waals surface area contributed by atoms with Gasteiger partial charge in [-0.15, -0.1) is 0 Å². The number of ether oxygens (including phenoxy) is 1. The van der Waals surface area contributed by atoms with Crippen LogP contribution in [0.2, 0.25) is 0 Å². The SMILES string of the molecule is [3H]B(S)OCCC12C[C@H](O)C(C)(O1)c1c2c(O)n(-c2ccc(C#N)c3nsnc23)c1O. The van der Waals surface area contributed by atoms with Crippen LogP contribution in [0.25, 0.3) is 16.7 Å². The Morgan fingerprint density at radius 2 is 2.17 bits per heavy atom. The van der Waals surface area contributed by atoms with Crippen molar-refractivity contribution < 1.29 is 24.7 Å². The average molecular weight is 446 g/mol. The molecule has 3 aromatic rings. The fraction of sp³-hybridized carbons (Fsp3) is 0.389. The topological polar surface area (TPSA) is 134 Å². The van der Waals surface area contributed by atoms with Gasteiger partial charge in [-0.2, -0.15) is 26.5 Å². The third-order valence-corrected chi connectivity index (χ3v) is 6.77. The first-order valence-electron chi connectivity index (χ1n) is 9.75. The predicted molar refractivity (Wildman–Crippen MR) is 112 cm³/mol. The van der Waals surface area contributed by atoms with Crippen LogP contribution in [0.3, 0.4) is 0 Å². The zero-order chi connectivity index (χ0) is 22.1. The van der Waals surface area contributed by atoms with Gasteiger partial charge in [0.15, 0.2) is 0 Å². The van der Waals surface area contributed by atoms with Gasteiger partial charge in [0.1, 0.15) is 28.3 Å². The molecule has 3 N–H and O–H groups in total. The highest BCUT2D eigenvalue weighted by Crippen LogP contribution is 2.65. The molecule has 154 valence electrons. The van der Waals surface area contributed by atoms with E-state index in [1.54, 1.807) is 19.1 Å². The van der Waals surface area contributed by atoms with Gasteiger partial charge in [-0.25, -0.2) is 4.57 Å². The second-order valence-electron chi connectivity index (χ2n) is 7.59. The molecule has 3 atom stereocenters. The van der Waals surface area contributed by atoms with E-state index < -0.39 is 24.0 Å². The Morgan fingerprint density at radius 1 is 1.43 bits per heavy atom. The van der Waals surface area contributed by atoms with E-state index in [0.717, 1.165) is 11.7 Å². The van der Waals surface area contributed by atoms with Crippen LogP contribution in [0.1, 0.15) is 36.5 Å². The van der Waals surface area contributed by atoms with E-state index in [1.165, 1.54) is 4.57 Å². The lowest BCUT2D eigenvalue weighted by molar-refractivity contribution is -0.107. The molecule has 0 aliphatic carbocycles. The summed E-state index contributed by atoms with van der Waals surface area (Å²) in [5.41, 5.74) is -0.200. The molecule has 2 aliphatic rings. The molecule has 4 heterocycles. The van der Waals surface area contributed by atoms with Crippen molar-refractivity contribution >= 4 is 42.0 Å². The number of nitriles is 1. The normalized spacial score (nSPS) is 27.3. The Kier molecular flexibility index (Phi) is 4.06. The molecule has 0 saturated carbocycles. The van der Waals surface area contributed by atoms with E-state index in [-0.39, 0.29) is 31.2 Å². The van der Waals surface area contributed by atoms with E-state index in [1.807, 2.05) is 0 Å². The van der Waals surface area contributed by atoms with Gasteiger partial charge in [-0.3, -0.25) is 0 Å². The van der Waals surface area contributed by atoms with Gasteiger partial charge in [0.2, 0.25) is 11.8 Å². The van der Waals surface area contributed by atoms with Crippen molar-refractivity contribution in [3.8, 4) is 23.5 Å². The molecule has 0 radical (unpaired) electrons. The van der Waals surface area contributed by atoms with Gasteiger partial charge >= 0.3 is 6.72 Å². The number of aromatic hydroxyl groups is 2. The van der Waals surface area contributed by atoms with Crippen LogP contribution in [0.4, 0.5) is 0 Å². The summed E-state index contributed by atoms with van der Waals surface area (Å²) in [5.74, 6) is -0.515. The first kappa shape index (κ1) is 18.5. The number of hydrogen-bond donors (Lipinski definition) is 4. The lowest BCUT2D eigenvalue weighted by atomic mass is 9.76. The van der Waals surface area contributed by atoms with Gasteiger partial charge in [-0.05, 0) is 19.1 Å². The number of fused-ring (bicyclic) bond motifs is 6. The molecule has 2 bridgehead atoms. The largest absolute Gasteiger partial charge is 0.494 e. The second kappa shape index (κ2) is 6.60. The quantitative estimate of drug-likeness (QED) is 0.343. The first-order valence-corrected chi connectivity index (χ1v) is 10.4. The smallest absolute Gasteiger partial charge is 0.339 e. The Labute approximate surface area is 182 Å². The first-order chi connectivity index (χ1) is 14.7. The summed E-state index contributed by atoms with van der Waals surface area (Å²) in [6, 6.07) is 5.19. The number of hydrogen-bond acceptors (Lipinski definition) is 10. The highest BCUT2D eigenvalue weighted by Gasteiger charge is 2.66. The summed E-state index contributed by atoms with van der Waals surface area (Å²) in [7, 11) is 0. The van der Waals surface area contributed by atoms with Crippen LogP contribution < -0.4 is 0 Å². The highest BCUT2D eigenvalue weighted by atomic mass is 32.1. The lowest BCUT2D eigenvalue weighted by Gasteiger charge is -2.26. The summed E-state index contributed by atoms with van der Waals surface area (Å²) in [5, 5.41) is 42.5. The van der Waals surface area contributed by atoms with Crippen LogP contribution in [0.15, 0.2) is 12.1 Å². The summed E-state index contributed by atoms with van der Waals surface area (Å²) in [4.78, 5) is 0.